The molecule has 146 valence electrons. The van der Waals surface area contributed by atoms with Gasteiger partial charge in [0.05, 0.1) is 24.7 Å². The monoisotopic (exact) mass is 396 g/mol. The molecule has 0 N–H and O–H groups in total. The summed E-state index contributed by atoms with van der Waals surface area (Å²) in [6.07, 6.45) is 16.7. The Bertz CT molecular complexity index is 897. The molecule has 0 spiro atoms. The number of aromatic nitrogens is 4. The topological polar surface area (TPSA) is 54.1 Å². The third-order valence-corrected chi connectivity index (χ3v) is 7.14. The van der Waals surface area contributed by atoms with E-state index in [0.29, 0.717) is 24.1 Å². The standard InChI is InChI=1S/C21H24N4O2S/c1-2-7-19(28-12-16-4-3-6-18-21(16)27-15-26-18)20(25-11-9-23-14-25)17(5-1)24-10-8-22-13-24/h3-4,6,8-11,13-14,17,19-20H,1-2,5,7,12,15H2. The zero-order valence-corrected chi connectivity index (χ0v) is 16.5. The van der Waals surface area contributed by atoms with E-state index >= 15 is 0 Å². The average Bonchev–Trinajstić information content (AvgIpc) is 3.47. The molecule has 0 saturated heterocycles. The maximum atomic E-state index is 5.71. The number of rotatable bonds is 5. The summed E-state index contributed by atoms with van der Waals surface area (Å²) in [5, 5.41) is 0.488. The van der Waals surface area contributed by atoms with Crippen LogP contribution in [0.15, 0.2) is 55.6 Å². The molecule has 3 unspecified atom stereocenters. The van der Waals surface area contributed by atoms with Gasteiger partial charge in [-0.05, 0) is 18.9 Å². The van der Waals surface area contributed by atoms with Gasteiger partial charge in [-0.15, -0.1) is 0 Å². The number of para-hydroxylation sites is 1. The third-order valence-electron chi connectivity index (χ3n) is 5.72. The highest BCUT2D eigenvalue weighted by molar-refractivity contribution is 7.99. The van der Waals surface area contributed by atoms with E-state index in [1.54, 1.807) is 0 Å². The van der Waals surface area contributed by atoms with Crippen LogP contribution in [-0.2, 0) is 5.75 Å². The molecule has 1 saturated carbocycles. The molecule has 3 aromatic rings. The Balaban J connectivity index is 1.42. The fraction of sp³-hybridized carbons (Fsp3) is 0.429. The van der Waals surface area contributed by atoms with Crippen molar-refractivity contribution in [2.45, 2.75) is 48.8 Å². The molecule has 1 fully saturated rings. The quantitative estimate of drug-likeness (QED) is 0.596. The zero-order valence-electron chi connectivity index (χ0n) is 15.7. The lowest BCUT2D eigenvalue weighted by Crippen LogP contribution is -2.29. The minimum atomic E-state index is 0.320. The predicted molar refractivity (Wildman–Crippen MR) is 109 cm³/mol. The van der Waals surface area contributed by atoms with E-state index in [2.05, 4.69) is 43.6 Å². The van der Waals surface area contributed by atoms with Crippen LogP contribution in [0.2, 0.25) is 0 Å². The maximum Gasteiger partial charge on any atom is 0.231 e. The lowest BCUT2D eigenvalue weighted by Gasteiger charge is -2.33. The van der Waals surface area contributed by atoms with Gasteiger partial charge in [0.2, 0.25) is 6.79 Å². The first-order chi connectivity index (χ1) is 13.9. The Morgan fingerprint density at radius 2 is 1.82 bits per heavy atom. The highest BCUT2D eigenvalue weighted by atomic mass is 32.2. The van der Waals surface area contributed by atoms with Crippen molar-refractivity contribution in [2.24, 2.45) is 0 Å². The predicted octanol–water partition coefficient (Wildman–Crippen LogP) is 4.47. The molecule has 5 rings (SSSR count). The first kappa shape index (κ1) is 17.7. The lowest BCUT2D eigenvalue weighted by atomic mass is 10.0. The number of hydrogen-bond donors (Lipinski definition) is 0. The van der Waals surface area contributed by atoms with Crippen molar-refractivity contribution in [1.29, 1.82) is 0 Å². The summed E-state index contributed by atoms with van der Waals surface area (Å²) in [4.78, 5) is 8.64. The van der Waals surface area contributed by atoms with Crippen LogP contribution in [0.3, 0.4) is 0 Å². The minimum Gasteiger partial charge on any atom is -0.454 e. The van der Waals surface area contributed by atoms with Gasteiger partial charge in [-0.3, -0.25) is 0 Å². The number of imidazole rings is 2. The van der Waals surface area contributed by atoms with Crippen LogP contribution in [0.4, 0.5) is 0 Å². The van der Waals surface area contributed by atoms with E-state index < -0.39 is 0 Å². The Morgan fingerprint density at radius 3 is 2.64 bits per heavy atom. The van der Waals surface area contributed by atoms with Crippen molar-refractivity contribution in [2.75, 3.05) is 6.79 Å². The summed E-state index contributed by atoms with van der Waals surface area (Å²) in [5.74, 6) is 2.69. The fourth-order valence-electron chi connectivity index (χ4n) is 4.40. The van der Waals surface area contributed by atoms with Gasteiger partial charge in [0.15, 0.2) is 11.5 Å². The van der Waals surface area contributed by atoms with Crippen LogP contribution in [0.1, 0.15) is 43.3 Å². The highest BCUT2D eigenvalue weighted by Crippen LogP contribution is 2.44. The molecule has 0 radical (unpaired) electrons. The largest absolute Gasteiger partial charge is 0.454 e. The average molecular weight is 397 g/mol. The Hall–Kier alpha value is -2.41. The van der Waals surface area contributed by atoms with Gasteiger partial charge in [0, 0.05) is 41.4 Å². The Labute approximate surface area is 168 Å². The summed E-state index contributed by atoms with van der Waals surface area (Å²) in [6, 6.07) is 6.91. The van der Waals surface area contributed by atoms with Gasteiger partial charge in [-0.2, -0.15) is 11.8 Å². The van der Waals surface area contributed by atoms with Gasteiger partial charge in [-0.1, -0.05) is 25.0 Å². The van der Waals surface area contributed by atoms with Crippen molar-refractivity contribution >= 4 is 11.8 Å². The van der Waals surface area contributed by atoms with Crippen LogP contribution in [0.25, 0.3) is 0 Å². The molecule has 0 bridgehead atoms. The van der Waals surface area contributed by atoms with Crippen LogP contribution < -0.4 is 9.47 Å². The lowest BCUT2D eigenvalue weighted by molar-refractivity contribution is 0.173. The van der Waals surface area contributed by atoms with Crippen molar-refractivity contribution in [3.05, 3.63) is 61.2 Å². The van der Waals surface area contributed by atoms with Crippen molar-refractivity contribution < 1.29 is 9.47 Å². The second-order valence-corrected chi connectivity index (χ2v) is 8.59. The van der Waals surface area contributed by atoms with Gasteiger partial charge < -0.3 is 18.6 Å². The highest BCUT2D eigenvalue weighted by Gasteiger charge is 2.34. The van der Waals surface area contributed by atoms with E-state index in [4.69, 9.17) is 9.47 Å². The number of thioether (sulfide) groups is 1. The fourth-order valence-corrected chi connectivity index (χ4v) is 5.87. The normalized spacial score (nSPS) is 24.2. The number of benzene rings is 1. The first-order valence-electron chi connectivity index (χ1n) is 9.84. The van der Waals surface area contributed by atoms with Crippen molar-refractivity contribution in [1.82, 2.24) is 19.1 Å². The molecule has 0 amide bonds. The molecule has 1 aliphatic carbocycles. The molecule has 7 heteroatoms. The number of hydrogen-bond acceptors (Lipinski definition) is 5. The van der Waals surface area contributed by atoms with Crippen LogP contribution >= 0.6 is 11.8 Å². The molecular formula is C21H24N4O2S. The Morgan fingerprint density at radius 1 is 1.00 bits per heavy atom. The van der Waals surface area contributed by atoms with Crippen molar-refractivity contribution in [3.8, 4) is 11.5 Å². The number of ether oxygens (including phenoxy) is 2. The van der Waals surface area contributed by atoms with Crippen molar-refractivity contribution in [3.63, 3.8) is 0 Å². The zero-order chi connectivity index (χ0) is 18.8. The first-order valence-corrected chi connectivity index (χ1v) is 10.9. The molecule has 2 aliphatic rings. The number of fused-ring (bicyclic) bond motifs is 1. The molecule has 2 aromatic heterocycles. The van der Waals surface area contributed by atoms with Gasteiger partial charge >= 0.3 is 0 Å². The third kappa shape index (κ3) is 3.39. The summed E-state index contributed by atoms with van der Waals surface area (Å²) in [6.45, 7) is 0.320. The SMILES string of the molecule is c1cc(CSC2CCCCC(n3ccnc3)C2n2ccnc2)c2c(c1)OCO2. The summed E-state index contributed by atoms with van der Waals surface area (Å²) >= 11 is 2.02. The second kappa shape index (κ2) is 7.91. The van der Waals surface area contributed by atoms with E-state index in [-0.39, 0.29) is 0 Å². The van der Waals surface area contributed by atoms with Gasteiger partial charge in [-0.25, -0.2) is 9.97 Å². The molecule has 6 nitrogen and oxygen atoms in total. The number of nitrogens with zero attached hydrogens (tertiary/aromatic N) is 4. The minimum absolute atomic E-state index is 0.320. The summed E-state index contributed by atoms with van der Waals surface area (Å²) < 4.78 is 15.8. The second-order valence-electron chi connectivity index (χ2n) is 7.36. The van der Waals surface area contributed by atoms with Gasteiger partial charge in [0.25, 0.3) is 0 Å². The van der Waals surface area contributed by atoms with E-state index in [1.165, 1.54) is 24.8 Å². The molecule has 28 heavy (non-hydrogen) atoms. The molecule has 3 atom stereocenters. The molecule has 1 aromatic carbocycles. The van der Waals surface area contributed by atoms with Crippen LogP contribution in [-0.4, -0.2) is 31.1 Å². The van der Waals surface area contributed by atoms with Crippen LogP contribution in [0, 0.1) is 0 Å². The smallest absolute Gasteiger partial charge is 0.231 e. The molecule has 3 heterocycles. The van der Waals surface area contributed by atoms with E-state index in [1.807, 2.05) is 42.9 Å². The van der Waals surface area contributed by atoms with E-state index in [9.17, 15) is 0 Å². The van der Waals surface area contributed by atoms with Gasteiger partial charge in [0.1, 0.15) is 0 Å². The van der Waals surface area contributed by atoms with E-state index in [0.717, 1.165) is 23.7 Å². The molecule has 1 aliphatic heterocycles. The maximum absolute atomic E-state index is 5.71. The summed E-state index contributed by atoms with van der Waals surface area (Å²) in [7, 11) is 0. The Kier molecular flexibility index (Phi) is 4.99. The van der Waals surface area contributed by atoms with Crippen LogP contribution in [0.5, 0.6) is 11.5 Å². The summed E-state index contributed by atoms with van der Waals surface area (Å²) in [5.41, 5.74) is 1.22. The molecular weight excluding hydrogens is 372 g/mol.